The van der Waals surface area contributed by atoms with Gasteiger partial charge < -0.3 is 15.8 Å². The zero-order valence-electron chi connectivity index (χ0n) is 11.5. The van der Waals surface area contributed by atoms with Crippen molar-refractivity contribution < 1.29 is 14.3 Å². The minimum atomic E-state index is -0.362. The summed E-state index contributed by atoms with van der Waals surface area (Å²) in [6, 6.07) is 9.00. The number of carbonyl (C=O) groups is 2. The molecule has 0 aliphatic rings. The van der Waals surface area contributed by atoms with Gasteiger partial charge in [0, 0.05) is 6.42 Å². The summed E-state index contributed by atoms with van der Waals surface area (Å²) in [5, 5.41) is 2.84. The fourth-order valence-electron chi connectivity index (χ4n) is 1.72. The maximum absolute atomic E-state index is 11.7. The average Bonchev–Trinajstić information content (AvgIpc) is 2.45. The third kappa shape index (κ3) is 6.54. The van der Waals surface area contributed by atoms with Crippen LogP contribution in [0.5, 0.6) is 0 Å². The second-order valence-electron chi connectivity index (χ2n) is 4.20. The van der Waals surface area contributed by atoms with E-state index in [1.807, 2.05) is 30.3 Å². The Morgan fingerprint density at radius 3 is 2.50 bits per heavy atom. The first-order chi connectivity index (χ1) is 9.17. The van der Waals surface area contributed by atoms with Crippen molar-refractivity contribution in [2.24, 2.45) is 5.73 Å². The van der Waals surface area contributed by atoms with E-state index in [1.54, 1.807) is 0 Å². The third-order valence-electron chi connectivity index (χ3n) is 2.74. The Morgan fingerprint density at radius 2 is 1.95 bits per heavy atom. The van der Waals surface area contributed by atoms with Crippen LogP contribution in [0.15, 0.2) is 30.3 Å². The Bertz CT molecular complexity index is 412. The molecule has 0 spiro atoms. The van der Waals surface area contributed by atoms with Crippen molar-refractivity contribution >= 4 is 24.3 Å². The number of halogens is 1. The van der Waals surface area contributed by atoms with Crippen LogP contribution in [0.2, 0.25) is 0 Å². The topological polar surface area (TPSA) is 81.4 Å². The van der Waals surface area contributed by atoms with Crippen LogP contribution >= 0.6 is 12.4 Å². The van der Waals surface area contributed by atoms with Crippen molar-refractivity contribution in [1.82, 2.24) is 5.32 Å². The van der Waals surface area contributed by atoms with Crippen molar-refractivity contribution in [3.63, 3.8) is 0 Å². The summed E-state index contributed by atoms with van der Waals surface area (Å²) in [4.78, 5) is 23.1. The molecule has 5 nitrogen and oxygen atoms in total. The lowest BCUT2D eigenvalue weighted by atomic mass is 10.0. The van der Waals surface area contributed by atoms with Crippen molar-refractivity contribution in [3.8, 4) is 0 Å². The maximum atomic E-state index is 11.7. The Hall–Kier alpha value is -1.59. The van der Waals surface area contributed by atoms with Gasteiger partial charge in [0.25, 0.3) is 0 Å². The van der Waals surface area contributed by atoms with Crippen LogP contribution in [0.4, 0.5) is 0 Å². The molecule has 0 saturated heterocycles. The fraction of sp³-hybridized carbons (Fsp3) is 0.429. The first-order valence-corrected chi connectivity index (χ1v) is 6.28. The number of esters is 1. The molecule has 1 rings (SSSR count). The lowest BCUT2D eigenvalue weighted by Gasteiger charge is -2.18. The van der Waals surface area contributed by atoms with Gasteiger partial charge in [-0.25, -0.2) is 0 Å². The number of amides is 1. The van der Waals surface area contributed by atoms with E-state index >= 15 is 0 Å². The van der Waals surface area contributed by atoms with Gasteiger partial charge in [-0.2, -0.15) is 0 Å². The average molecular weight is 301 g/mol. The van der Waals surface area contributed by atoms with Crippen LogP contribution in [0.25, 0.3) is 0 Å². The number of hydrogen-bond donors (Lipinski definition) is 2. The third-order valence-corrected chi connectivity index (χ3v) is 2.74. The lowest BCUT2D eigenvalue weighted by molar-refractivity contribution is -0.141. The highest BCUT2D eigenvalue weighted by Gasteiger charge is 2.18. The highest BCUT2D eigenvalue weighted by molar-refractivity contribution is 5.85. The summed E-state index contributed by atoms with van der Waals surface area (Å²) in [5.41, 5.74) is 6.25. The quantitative estimate of drug-likeness (QED) is 0.749. The van der Waals surface area contributed by atoms with Gasteiger partial charge in [-0.3, -0.25) is 9.59 Å². The number of nitrogens with one attached hydrogen (secondary N) is 1. The Morgan fingerprint density at radius 1 is 1.30 bits per heavy atom. The van der Waals surface area contributed by atoms with Crippen LogP contribution in [0.3, 0.4) is 0 Å². The van der Waals surface area contributed by atoms with Crippen molar-refractivity contribution in [1.29, 1.82) is 0 Å². The Balaban J connectivity index is 0.00000361. The van der Waals surface area contributed by atoms with E-state index in [0.29, 0.717) is 19.4 Å². The van der Waals surface area contributed by atoms with Crippen LogP contribution in [0.1, 0.15) is 30.9 Å². The minimum absolute atomic E-state index is 0. The summed E-state index contributed by atoms with van der Waals surface area (Å²) >= 11 is 0. The molecule has 1 amide bonds. The molecule has 1 atom stereocenters. The zero-order valence-corrected chi connectivity index (χ0v) is 12.3. The van der Waals surface area contributed by atoms with Crippen LogP contribution in [0, 0.1) is 0 Å². The number of hydrogen-bond acceptors (Lipinski definition) is 4. The Kier molecular flexibility index (Phi) is 9.41. The molecule has 1 unspecified atom stereocenters. The van der Waals surface area contributed by atoms with Crippen molar-refractivity contribution in [2.75, 3.05) is 13.7 Å². The van der Waals surface area contributed by atoms with E-state index in [9.17, 15) is 9.59 Å². The van der Waals surface area contributed by atoms with Crippen LogP contribution < -0.4 is 11.1 Å². The fourth-order valence-corrected chi connectivity index (χ4v) is 1.72. The molecule has 112 valence electrons. The normalized spacial score (nSPS) is 11.1. The van der Waals surface area contributed by atoms with Gasteiger partial charge in [0.2, 0.25) is 5.91 Å². The minimum Gasteiger partial charge on any atom is -0.469 e. The first-order valence-electron chi connectivity index (χ1n) is 6.28. The molecule has 0 heterocycles. The molecule has 0 fully saturated rings. The lowest BCUT2D eigenvalue weighted by Crippen LogP contribution is -2.30. The monoisotopic (exact) mass is 300 g/mol. The predicted octanol–water partition coefficient (Wildman–Crippen LogP) is 1.57. The van der Waals surface area contributed by atoms with Crippen molar-refractivity contribution in [2.45, 2.75) is 25.3 Å². The molecule has 0 aliphatic carbocycles. The van der Waals surface area contributed by atoms with E-state index in [4.69, 9.17) is 5.73 Å². The zero-order chi connectivity index (χ0) is 14.1. The molecule has 0 aliphatic heterocycles. The van der Waals surface area contributed by atoms with E-state index in [0.717, 1.165) is 5.56 Å². The van der Waals surface area contributed by atoms with Gasteiger partial charge >= 0.3 is 5.97 Å². The molecule has 6 heteroatoms. The largest absolute Gasteiger partial charge is 0.469 e. The molecule has 3 N–H and O–H groups in total. The molecule has 20 heavy (non-hydrogen) atoms. The molecule has 0 saturated carbocycles. The standard InChI is InChI=1S/C14H20N2O3.ClH/c1-19-14(18)10-12(11-6-3-2-4-7-11)16-13(17)8-5-9-15;/h2-4,6-7,12H,5,8-10,15H2,1H3,(H,16,17);1H. The number of ether oxygens (including phenoxy) is 1. The van der Waals surface area contributed by atoms with Gasteiger partial charge in [-0.15, -0.1) is 12.4 Å². The Labute approximate surface area is 125 Å². The molecule has 0 bridgehead atoms. The van der Waals surface area contributed by atoms with Crippen LogP contribution in [-0.2, 0) is 14.3 Å². The number of benzene rings is 1. The van der Waals surface area contributed by atoms with Gasteiger partial charge in [0.15, 0.2) is 0 Å². The SMILES string of the molecule is COC(=O)CC(NC(=O)CCCN)c1ccccc1.Cl. The number of nitrogens with two attached hydrogens (primary N) is 1. The molecule has 1 aromatic carbocycles. The summed E-state index contributed by atoms with van der Waals surface area (Å²) in [7, 11) is 1.33. The highest BCUT2D eigenvalue weighted by atomic mass is 35.5. The van der Waals surface area contributed by atoms with E-state index in [1.165, 1.54) is 7.11 Å². The maximum Gasteiger partial charge on any atom is 0.307 e. The van der Waals surface area contributed by atoms with Gasteiger partial charge in [-0.05, 0) is 18.5 Å². The van der Waals surface area contributed by atoms with E-state index < -0.39 is 0 Å². The first kappa shape index (κ1) is 18.4. The molecule has 1 aromatic rings. The van der Waals surface area contributed by atoms with Gasteiger partial charge in [-0.1, -0.05) is 30.3 Å². The smallest absolute Gasteiger partial charge is 0.307 e. The van der Waals surface area contributed by atoms with Gasteiger partial charge in [0.05, 0.1) is 19.6 Å². The summed E-state index contributed by atoms with van der Waals surface area (Å²) in [6.07, 6.45) is 1.11. The number of rotatable bonds is 7. The second-order valence-corrected chi connectivity index (χ2v) is 4.20. The van der Waals surface area contributed by atoms with E-state index in [-0.39, 0.29) is 36.7 Å². The molecule has 0 aromatic heterocycles. The van der Waals surface area contributed by atoms with Crippen molar-refractivity contribution in [3.05, 3.63) is 35.9 Å². The summed E-state index contributed by atoms with van der Waals surface area (Å²) in [5.74, 6) is -0.462. The molecular weight excluding hydrogens is 280 g/mol. The second kappa shape index (κ2) is 10.2. The summed E-state index contributed by atoms with van der Waals surface area (Å²) < 4.78 is 4.65. The van der Waals surface area contributed by atoms with E-state index in [2.05, 4.69) is 10.1 Å². The highest BCUT2D eigenvalue weighted by Crippen LogP contribution is 2.17. The molecular formula is C14H21ClN2O3. The number of methoxy groups -OCH3 is 1. The van der Waals surface area contributed by atoms with Gasteiger partial charge in [0.1, 0.15) is 0 Å². The summed E-state index contributed by atoms with van der Waals surface area (Å²) in [6.45, 7) is 0.473. The van der Waals surface area contributed by atoms with Crippen LogP contribution in [-0.4, -0.2) is 25.5 Å². The number of carbonyl (C=O) groups excluding carboxylic acids is 2. The predicted molar refractivity (Wildman–Crippen MR) is 79.5 cm³/mol. The molecule has 0 radical (unpaired) electrons.